The lowest BCUT2D eigenvalue weighted by Gasteiger charge is -2.16. The fourth-order valence-electron chi connectivity index (χ4n) is 2.40. The summed E-state index contributed by atoms with van der Waals surface area (Å²) in [6.45, 7) is 7.02. The van der Waals surface area contributed by atoms with Gasteiger partial charge in [0.15, 0.2) is 0 Å². The Morgan fingerprint density at radius 1 is 1.33 bits per heavy atom. The Bertz CT molecular complexity index is 401. The van der Waals surface area contributed by atoms with Crippen LogP contribution in [0.15, 0.2) is 18.2 Å². The predicted octanol–water partition coefficient (Wildman–Crippen LogP) is 2.23. The molecule has 0 aliphatic carbocycles. The van der Waals surface area contributed by atoms with Gasteiger partial charge < -0.3 is 15.8 Å². The number of hydrogen-bond donors (Lipinski definition) is 2. The van der Waals surface area contributed by atoms with Crippen LogP contribution in [0.1, 0.15) is 37.8 Å². The molecule has 1 heterocycles. The van der Waals surface area contributed by atoms with Crippen LogP contribution in [-0.2, 0) is 13.0 Å². The zero-order valence-electron chi connectivity index (χ0n) is 11.5. The SMILES string of the molecule is CC1(C)Cc2cc(CNCCCCN)ccc2O1. The minimum atomic E-state index is -0.0461. The van der Waals surface area contributed by atoms with Gasteiger partial charge in [0.1, 0.15) is 11.4 Å². The highest BCUT2D eigenvalue weighted by Gasteiger charge is 2.29. The van der Waals surface area contributed by atoms with E-state index in [-0.39, 0.29) is 5.60 Å². The van der Waals surface area contributed by atoms with Crippen molar-refractivity contribution in [2.75, 3.05) is 13.1 Å². The van der Waals surface area contributed by atoms with Crippen LogP contribution >= 0.6 is 0 Å². The first-order chi connectivity index (χ1) is 8.61. The molecule has 0 unspecified atom stereocenters. The molecular weight excluding hydrogens is 224 g/mol. The largest absolute Gasteiger partial charge is 0.487 e. The highest BCUT2D eigenvalue weighted by atomic mass is 16.5. The molecule has 100 valence electrons. The van der Waals surface area contributed by atoms with Crippen molar-refractivity contribution in [3.05, 3.63) is 29.3 Å². The number of rotatable bonds is 6. The Balaban J connectivity index is 1.85. The van der Waals surface area contributed by atoms with Crippen LogP contribution in [0, 0.1) is 0 Å². The van der Waals surface area contributed by atoms with Gasteiger partial charge >= 0.3 is 0 Å². The van der Waals surface area contributed by atoms with Crippen LogP contribution in [-0.4, -0.2) is 18.7 Å². The Morgan fingerprint density at radius 2 is 2.17 bits per heavy atom. The lowest BCUT2D eigenvalue weighted by atomic mass is 10.0. The third-order valence-electron chi connectivity index (χ3n) is 3.26. The molecule has 2 rings (SSSR count). The Kier molecular flexibility index (Phi) is 4.25. The number of unbranched alkanes of at least 4 members (excludes halogenated alkanes) is 1. The van der Waals surface area contributed by atoms with Crippen LogP contribution < -0.4 is 15.8 Å². The quantitative estimate of drug-likeness (QED) is 0.759. The van der Waals surface area contributed by atoms with E-state index in [4.69, 9.17) is 10.5 Å². The molecule has 1 aromatic carbocycles. The minimum Gasteiger partial charge on any atom is -0.487 e. The molecule has 0 saturated carbocycles. The molecule has 3 heteroatoms. The molecule has 0 atom stereocenters. The Labute approximate surface area is 110 Å². The molecule has 0 saturated heterocycles. The van der Waals surface area contributed by atoms with Gasteiger partial charge in [-0.1, -0.05) is 12.1 Å². The zero-order chi connectivity index (χ0) is 13.0. The third kappa shape index (κ3) is 3.47. The summed E-state index contributed by atoms with van der Waals surface area (Å²) in [5.74, 6) is 1.05. The summed E-state index contributed by atoms with van der Waals surface area (Å²) in [6.07, 6.45) is 3.25. The molecular formula is C15H24N2O. The van der Waals surface area contributed by atoms with E-state index in [2.05, 4.69) is 37.4 Å². The second kappa shape index (κ2) is 5.72. The van der Waals surface area contributed by atoms with Gasteiger partial charge in [-0.3, -0.25) is 0 Å². The molecule has 1 aromatic rings. The van der Waals surface area contributed by atoms with Crippen molar-refractivity contribution in [3.63, 3.8) is 0 Å². The summed E-state index contributed by atoms with van der Waals surface area (Å²) < 4.78 is 5.87. The average Bonchev–Trinajstić information content (AvgIpc) is 2.62. The van der Waals surface area contributed by atoms with Gasteiger partial charge in [0.05, 0.1) is 0 Å². The summed E-state index contributed by atoms with van der Waals surface area (Å²) in [5, 5.41) is 3.45. The highest BCUT2D eigenvalue weighted by molar-refractivity contribution is 5.41. The van der Waals surface area contributed by atoms with Gasteiger partial charge in [0, 0.05) is 13.0 Å². The first kappa shape index (κ1) is 13.4. The zero-order valence-corrected chi connectivity index (χ0v) is 11.5. The first-order valence-electron chi connectivity index (χ1n) is 6.82. The fraction of sp³-hybridized carbons (Fsp3) is 0.600. The average molecular weight is 248 g/mol. The van der Waals surface area contributed by atoms with Crippen molar-refractivity contribution in [2.45, 2.75) is 45.3 Å². The van der Waals surface area contributed by atoms with E-state index in [0.29, 0.717) is 0 Å². The van der Waals surface area contributed by atoms with E-state index >= 15 is 0 Å². The van der Waals surface area contributed by atoms with E-state index in [1.165, 1.54) is 11.1 Å². The van der Waals surface area contributed by atoms with Crippen LogP contribution in [0.4, 0.5) is 0 Å². The minimum absolute atomic E-state index is 0.0461. The molecule has 1 aliphatic heterocycles. The summed E-state index contributed by atoms with van der Waals surface area (Å²) in [7, 11) is 0. The monoisotopic (exact) mass is 248 g/mol. The van der Waals surface area contributed by atoms with Gasteiger partial charge in [-0.2, -0.15) is 0 Å². The summed E-state index contributed by atoms with van der Waals surface area (Å²) in [5.41, 5.74) is 8.09. The third-order valence-corrected chi connectivity index (χ3v) is 3.26. The fourth-order valence-corrected chi connectivity index (χ4v) is 2.40. The van der Waals surface area contributed by atoms with Gasteiger partial charge in [-0.15, -0.1) is 0 Å². The molecule has 0 radical (unpaired) electrons. The lowest BCUT2D eigenvalue weighted by Crippen LogP contribution is -2.24. The van der Waals surface area contributed by atoms with Gasteiger partial charge in [0.2, 0.25) is 0 Å². The number of hydrogen-bond acceptors (Lipinski definition) is 3. The number of ether oxygens (including phenoxy) is 1. The number of fused-ring (bicyclic) bond motifs is 1. The maximum Gasteiger partial charge on any atom is 0.123 e. The molecule has 0 aromatic heterocycles. The van der Waals surface area contributed by atoms with Crippen LogP contribution in [0.3, 0.4) is 0 Å². The summed E-state index contributed by atoms with van der Waals surface area (Å²) in [6, 6.07) is 6.51. The van der Waals surface area contributed by atoms with E-state index in [9.17, 15) is 0 Å². The van der Waals surface area contributed by atoms with E-state index in [0.717, 1.165) is 44.6 Å². The molecule has 3 N–H and O–H groups in total. The summed E-state index contributed by atoms with van der Waals surface area (Å²) in [4.78, 5) is 0. The number of nitrogens with one attached hydrogen (secondary N) is 1. The van der Waals surface area contributed by atoms with Crippen molar-refractivity contribution in [1.29, 1.82) is 0 Å². The molecule has 0 fully saturated rings. The van der Waals surface area contributed by atoms with E-state index in [1.54, 1.807) is 0 Å². The second-order valence-electron chi connectivity index (χ2n) is 5.65. The smallest absolute Gasteiger partial charge is 0.123 e. The van der Waals surface area contributed by atoms with Crippen molar-refractivity contribution in [1.82, 2.24) is 5.32 Å². The lowest BCUT2D eigenvalue weighted by molar-refractivity contribution is 0.138. The van der Waals surface area contributed by atoms with Gasteiger partial charge in [-0.25, -0.2) is 0 Å². The summed E-state index contributed by atoms with van der Waals surface area (Å²) >= 11 is 0. The molecule has 18 heavy (non-hydrogen) atoms. The van der Waals surface area contributed by atoms with Crippen molar-refractivity contribution < 1.29 is 4.74 Å². The van der Waals surface area contributed by atoms with E-state index in [1.807, 2.05) is 0 Å². The van der Waals surface area contributed by atoms with Gasteiger partial charge in [0.25, 0.3) is 0 Å². The molecule has 3 nitrogen and oxygen atoms in total. The predicted molar refractivity (Wildman–Crippen MR) is 74.8 cm³/mol. The highest BCUT2D eigenvalue weighted by Crippen LogP contribution is 2.35. The topological polar surface area (TPSA) is 47.3 Å². The number of nitrogens with two attached hydrogens (primary N) is 1. The van der Waals surface area contributed by atoms with Crippen molar-refractivity contribution in [3.8, 4) is 5.75 Å². The first-order valence-corrected chi connectivity index (χ1v) is 6.82. The van der Waals surface area contributed by atoms with Crippen LogP contribution in [0.25, 0.3) is 0 Å². The Hall–Kier alpha value is -1.06. The maximum atomic E-state index is 5.87. The van der Waals surface area contributed by atoms with E-state index < -0.39 is 0 Å². The van der Waals surface area contributed by atoms with Crippen molar-refractivity contribution in [2.24, 2.45) is 5.73 Å². The molecule has 0 amide bonds. The Morgan fingerprint density at radius 3 is 2.94 bits per heavy atom. The molecule has 0 spiro atoms. The van der Waals surface area contributed by atoms with Crippen LogP contribution in [0.5, 0.6) is 5.75 Å². The normalized spacial score (nSPS) is 16.4. The standard InChI is InChI=1S/C15H24N2O/c1-15(2)10-13-9-12(5-6-14(13)18-15)11-17-8-4-3-7-16/h5-6,9,17H,3-4,7-8,10-11,16H2,1-2H3. The van der Waals surface area contributed by atoms with Crippen molar-refractivity contribution >= 4 is 0 Å². The number of benzene rings is 1. The molecule has 1 aliphatic rings. The maximum absolute atomic E-state index is 5.87. The molecule has 0 bridgehead atoms. The van der Waals surface area contributed by atoms with Gasteiger partial charge in [-0.05, 0) is 57.0 Å². The van der Waals surface area contributed by atoms with Crippen LogP contribution in [0.2, 0.25) is 0 Å². The second-order valence-corrected chi connectivity index (χ2v) is 5.65.